The van der Waals surface area contributed by atoms with Crippen molar-refractivity contribution in [1.29, 1.82) is 0 Å². The first-order chi connectivity index (χ1) is 8.56. The third kappa shape index (κ3) is 2.57. The smallest absolute Gasteiger partial charge is 0.335 e. The zero-order valence-corrected chi connectivity index (χ0v) is 9.64. The summed E-state index contributed by atoms with van der Waals surface area (Å²) in [5.41, 5.74) is 0.868. The minimum Gasteiger partial charge on any atom is -0.506 e. The van der Waals surface area contributed by atoms with Crippen LogP contribution in [0.1, 0.15) is 15.9 Å². The molecule has 0 bridgehead atoms. The molecule has 2 aromatic rings. The predicted molar refractivity (Wildman–Crippen MR) is 65.8 cm³/mol. The number of aryl methyl sites for hydroxylation is 1. The number of phenols is 1. The van der Waals surface area contributed by atoms with Gasteiger partial charge in [-0.25, -0.2) is 4.79 Å². The van der Waals surface area contributed by atoms with Crippen LogP contribution < -0.4 is 10.9 Å². The Kier molecular flexibility index (Phi) is 3.14. The van der Waals surface area contributed by atoms with Gasteiger partial charge in [-0.15, -0.1) is 0 Å². The summed E-state index contributed by atoms with van der Waals surface area (Å²) in [5.74, 6) is -0.473. The third-order valence-electron chi connectivity index (χ3n) is 2.36. The zero-order chi connectivity index (χ0) is 13.1. The predicted octanol–water partition coefficient (Wildman–Crippen LogP) is 1.91. The molecule has 5 nitrogen and oxygen atoms in total. The van der Waals surface area contributed by atoms with E-state index in [1.807, 2.05) is 6.92 Å². The summed E-state index contributed by atoms with van der Waals surface area (Å²) in [6, 6.07) is 7.42. The molecule has 0 radical (unpaired) electrons. The Hall–Kier alpha value is -2.56. The van der Waals surface area contributed by atoms with Crippen molar-refractivity contribution in [3.63, 3.8) is 0 Å². The monoisotopic (exact) mass is 245 g/mol. The SMILES string of the molecule is Cc1ccc(NC(=O)c2ccc(=O)oc2)c(O)c1. The maximum atomic E-state index is 11.8. The van der Waals surface area contributed by atoms with Gasteiger partial charge in [0.25, 0.3) is 5.91 Å². The lowest BCUT2D eigenvalue weighted by Gasteiger charge is -2.07. The van der Waals surface area contributed by atoms with Gasteiger partial charge in [-0.3, -0.25) is 4.79 Å². The molecular weight excluding hydrogens is 234 g/mol. The van der Waals surface area contributed by atoms with Crippen LogP contribution >= 0.6 is 0 Å². The lowest BCUT2D eigenvalue weighted by molar-refractivity contribution is 0.102. The molecule has 0 atom stereocenters. The lowest BCUT2D eigenvalue weighted by Crippen LogP contribution is -2.13. The van der Waals surface area contributed by atoms with Crippen LogP contribution in [-0.2, 0) is 0 Å². The van der Waals surface area contributed by atoms with Gasteiger partial charge in [0.05, 0.1) is 11.3 Å². The van der Waals surface area contributed by atoms with E-state index in [-0.39, 0.29) is 11.3 Å². The number of benzene rings is 1. The molecular formula is C13H11NO4. The number of anilines is 1. The highest BCUT2D eigenvalue weighted by Crippen LogP contribution is 2.24. The lowest BCUT2D eigenvalue weighted by atomic mass is 10.2. The Bertz CT molecular complexity index is 625. The number of hydrogen-bond acceptors (Lipinski definition) is 4. The van der Waals surface area contributed by atoms with Gasteiger partial charge in [-0.1, -0.05) is 6.07 Å². The van der Waals surface area contributed by atoms with Crippen LogP contribution in [0.25, 0.3) is 0 Å². The molecule has 0 aliphatic carbocycles. The van der Waals surface area contributed by atoms with Crippen molar-refractivity contribution in [1.82, 2.24) is 0 Å². The highest BCUT2D eigenvalue weighted by molar-refractivity contribution is 6.04. The van der Waals surface area contributed by atoms with Crippen LogP contribution in [0.15, 0.2) is 45.8 Å². The maximum Gasteiger partial charge on any atom is 0.335 e. The van der Waals surface area contributed by atoms with E-state index in [2.05, 4.69) is 9.73 Å². The number of hydrogen-bond donors (Lipinski definition) is 2. The third-order valence-corrected chi connectivity index (χ3v) is 2.36. The van der Waals surface area contributed by atoms with Crippen molar-refractivity contribution in [2.45, 2.75) is 6.92 Å². The number of rotatable bonds is 2. The van der Waals surface area contributed by atoms with E-state index in [1.54, 1.807) is 18.2 Å². The van der Waals surface area contributed by atoms with Crippen LogP contribution in [0.2, 0.25) is 0 Å². The van der Waals surface area contributed by atoms with Gasteiger partial charge in [-0.05, 0) is 30.7 Å². The fourth-order valence-electron chi connectivity index (χ4n) is 1.43. The first-order valence-electron chi connectivity index (χ1n) is 5.26. The fraction of sp³-hybridized carbons (Fsp3) is 0.0769. The topological polar surface area (TPSA) is 79.5 Å². The number of nitrogens with one attached hydrogen (secondary N) is 1. The summed E-state index contributed by atoms with van der Waals surface area (Å²) >= 11 is 0. The molecule has 1 aromatic carbocycles. The molecule has 0 spiro atoms. The largest absolute Gasteiger partial charge is 0.506 e. The summed E-state index contributed by atoms with van der Waals surface area (Å²) in [5, 5.41) is 12.2. The molecule has 2 rings (SSSR count). The van der Waals surface area contributed by atoms with Crippen molar-refractivity contribution < 1.29 is 14.3 Å². The van der Waals surface area contributed by atoms with Gasteiger partial charge in [0, 0.05) is 6.07 Å². The molecule has 1 aromatic heterocycles. The van der Waals surface area contributed by atoms with E-state index < -0.39 is 11.5 Å². The van der Waals surface area contributed by atoms with E-state index in [4.69, 9.17) is 0 Å². The molecule has 5 heteroatoms. The quantitative estimate of drug-likeness (QED) is 0.792. The summed E-state index contributed by atoms with van der Waals surface area (Å²) in [4.78, 5) is 22.5. The fourth-order valence-corrected chi connectivity index (χ4v) is 1.43. The Morgan fingerprint density at radius 1 is 1.28 bits per heavy atom. The molecule has 0 aliphatic rings. The van der Waals surface area contributed by atoms with Crippen LogP contribution in [0.3, 0.4) is 0 Å². The molecule has 0 fully saturated rings. The van der Waals surface area contributed by atoms with Gasteiger partial charge < -0.3 is 14.8 Å². The van der Waals surface area contributed by atoms with Crippen molar-refractivity contribution in [2.75, 3.05) is 5.32 Å². The number of aromatic hydroxyl groups is 1. The van der Waals surface area contributed by atoms with Gasteiger partial charge in [0.15, 0.2) is 0 Å². The average molecular weight is 245 g/mol. The Morgan fingerprint density at radius 2 is 2.06 bits per heavy atom. The number of carbonyl (C=O) groups is 1. The van der Waals surface area contributed by atoms with E-state index >= 15 is 0 Å². The summed E-state index contributed by atoms with van der Waals surface area (Å²) < 4.78 is 4.59. The van der Waals surface area contributed by atoms with Gasteiger partial charge in [-0.2, -0.15) is 0 Å². The number of phenolic OH excluding ortho intramolecular Hbond substituents is 1. The van der Waals surface area contributed by atoms with E-state index in [0.717, 1.165) is 17.9 Å². The molecule has 18 heavy (non-hydrogen) atoms. The Balaban J connectivity index is 2.21. The van der Waals surface area contributed by atoms with Crippen LogP contribution in [0.5, 0.6) is 5.75 Å². The molecule has 0 unspecified atom stereocenters. The normalized spacial score (nSPS) is 10.1. The second-order valence-electron chi connectivity index (χ2n) is 3.82. The number of carbonyl (C=O) groups excluding carboxylic acids is 1. The average Bonchev–Trinajstić information content (AvgIpc) is 2.33. The van der Waals surface area contributed by atoms with Crippen molar-refractivity contribution in [3.05, 3.63) is 58.1 Å². The molecule has 2 N–H and O–H groups in total. The second-order valence-corrected chi connectivity index (χ2v) is 3.82. The van der Waals surface area contributed by atoms with Crippen LogP contribution in [-0.4, -0.2) is 11.0 Å². The van der Waals surface area contributed by atoms with Gasteiger partial charge in [0.1, 0.15) is 12.0 Å². The molecule has 0 saturated carbocycles. The van der Waals surface area contributed by atoms with Crippen molar-refractivity contribution in [3.8, 4) is 5.75 Å². The van der Waals surface area contributed by atoms with Gasteiger partial charge in [0.2, 0.25) is 0 Å². The Labute approximate surface area is 103 Å². The zero-order valence-electron chi connectivity index (χ0n) is 9.64. The summed E-state index contributed by atoms with van der Waals surface area (Å²) in [7, 11) is 0. The van der Waals surface area contributed by atoms with Gasteiger partial charge >= 0.3 is 5.63 Å². The first-order valence-corrected chi connectivity index (χ1v) is 5.26. The molecule has 1 heterocycles. The summed E-state index contributed by atoms with van der Waals surface area (Å²) in [6.07, 6.45) is 1.07. The summed E-state index contributed by atoms with van der Waals surface area (Å²) in [6.45, 7) is 1.83. The number of amides is 1. The molecule has 92 valence electrons. The van der Waals surface area contributed by atoms with E-state index in [0.29, 0.717) is 5.69 Å². The molecule has 0 saturated heterocycles. The first kappa shape index (κ1) is 11.9. The van der Waals surface area contributed by atoms with Crippen molar-refractivity contribution in [2.24, 2.45) is 0 Å². The maximum absolute atomic E-state index is 11.8. The minimum atomic E-state index is -0.523. The van der Waals surface area contributed by atoms with Crippen molar-refractivity contribution >= 4 is 11.6 Å². The van der Waals surface area contributed by atoms with Crippen LogP contribution in [0, 0.1) is 6.92 Å². The second kappa shape index (κ2) is 4.75. The van der Waals surface area contributed by atoms with E-state index in [1.165, 1.54) is 6.07 Å². The molecule has 1 amide bonds. The standard InChI is InChI=1S/C13H11NO4/c1-8-2-4-10(11(15)6-8)14-13(17)9-3-5-12(16)18-7-9/h2-7,15H,1H3,(H,14,17). The highest BCUT2D eigenvalue weighted by Gasteiger charge is 2.09. The molecule has 0 aliphatic heterocycles. The highest BCUT2D eigenvalue weighted by atomic mass is 16.4. The van der Waals surface area contributed by atoms with Crippen LogP contribution in [0.4, 0.5) is 5.69 Å². The Morgan fingerprint density at radius 3 is 2.67 bits per heavy atom. The minimum absolute atomic E-state index is 0.0132. The van der Waals surface area contributed by atoms with E-state index in [9.17, 15) is 14.7 Å².